The summed E-state index contributed by atoms with van der Waals surface area (Å²) < 4.78 is 3.73. The lowest BCUT2D eigenvalue weighted by Crippen LogP contribution is -2.00. The molecule has 2 rings (SSSR count). The molecule has 1 unspecified atom stereocenters. The smallest absolute Gasteiger partial charge is 0.104 e. The molecule has 0 radical (unpaired) electrons. The Morgan fingerprint density at radius 3 is 2.73 bits per heavy atom. The molecule has 0 aliphatic carbocycles. The van der Waals surface area contributed by atoms with Gasteiger partial charge >= 0.3 is 0 Å². The van der Waals surface area contributed by atoms with E-state index in [-0.39, 0.29) is 0 Å². The number of aryl methyl sites for hydroxylation is 1. The van der Waals surface area contributed by atoms with E-state index in [1.807, 2.05) is 18.2 Å². The zero-order valence-corrected chi connectivity index (χ0v) is 9.02. The Morgan fingerprint density at radius 2 is 2.07 bits per heavy atom. The van der Waals surface area contributed by atoms with Crippen LogP contribution in [0.15, 0.2) is 35.7 Å². The van der Waals surface area contributed by atoms with Crippen molar-refractivity contribution in [1.29, 1.82) is 0 Å². The Hall–Kier alpha value is -1.26. The lowest BCUT2D eigenvalue weighted by molar-refractivity contribution is 0.163. The first-order valence-corrected chi connectivity index (χ1v) is 5.69. The van der Waals surface area contributed by atoms with Crippen molar-refractivity contribution in [3.8, 4) is 0 Å². The summed E-state index contributed by atoms with van der Waals surface area (Å²) in [6.45, 7) is 0. The molecule has 0 bridgehead atoms. The first-order chi connectivity index (χ1) is 7.36. The summed E-state index contributed by atoms with van der Waals surface area (Å²) in [5.41, 5.74) is 1.91. The molecule has 4 heteroatoms. The van der Waals surface area contributed by atoms with Crippen molar-refractivity contribution in [2.75, 3.05) is 0 Å². The fourth-order valence-corrected chi connectivity index (χ4v) is 1.91. The summed E-state index contributed by atoms with van der Waals surface area (Å²) in [4.78, 5) is 0. The molecule has 1 N–H and O–H groups in total. The normalized spacial score (nSPS) is 12.6. The van der Waals surface area contributed by atoms with Crippen LogP contribution in [0.5, 0.6) is 0 Å². The van der Waals surface area contributed by atoms with Gasteiger partial charge in [-0.25, -0.2) is 0 Å². The second-order valence-electron chi connectivity index (χ2n) is 3.37. The number of nitrogens with zero attached hydrogens (tertiary/aromatic N) is 2. The average Bonchev–Trinajstić information content (AvgIpc) is 2.81. The number of hydrogen-bond donors (Lipinski definition) is 1. The first-order valence-electron chi connectivity index (χ1n) is 4.85. The molecule has 0 saturated carbocycles. The zero-order valence-electron chi connectivity index (χ0n) is 8.21. The van der Waals surface area contributed by atoms with Crippen molar-refractivity contribution in [1.82, 2.24) is 9.59 Å². The van der Waals surface area contributed by atoms with Crippen molar-refractivity contribution >= 4 is 11.5 Å². The molecule has 1 heterocycles. The third-order valence-corrected chi connectivity index (χ3v) is 2.79. The summed E-state index contributed by atoms with van der Waals surface area (Å²) >= 11 is 1.27. The Kier molecular flexibility index (Phi) is 3.42. The fraction of sp³-hybridized carbons (Fsp3) is 0.273. The first kappa shape index (κ1) is 10.3. The van der Waals surface area contributed by atoms with Gasteiger partial charge in [-0.05, 0) is 29.9 Å². The van der Waals surface area contributed by atoms with Crippen LogP contribution in [-0.2, 0) is 6.42 Å². The molecular weight excluding hydrogens is 208 g/mol. The van der Waals surface area contributed by atoms with Gasteiger partial charge in [0.1, 0.15) is 5.69 Å². The van der Waals surface area contributed by atoms with Gasteiger partial charge in [-0.1, -0.05) is 34.8 Å². The highest BCUT2D eigenvalue weighted by atomic mass is 32.1. The van der Waals surface area contributed by atoms with Crippen LogP contribution in [0.25, 0.3) is 0 Å². The van der Waals surface area contributed by atoms with Crippen LogP contribution in [-0.4, -0.2) is 14.7 Å². The topological polar surface area (TPSA) is 46.0 Å². The molecule has 0 saturated heterocycles. The molecule has 3 nitrogen and oxygen atoms in total. The second-order valence-corrected chi connectivity index (χ2v) is 3.98. The average molecular weight is 220 g/mol. The number of aliphatic hydroxyl groups is 1. The number of benzene rings is 1. The highest BCUT2D eigenvalue weighted by Crippen LogP contribution is 2.17. The highest BCUT2D eigenvalue weighted by Gasteiger charge is 2.09. The van der Waals surface area contributed by atoms with E-state index < -0.39 is 6.10 Å². The maximum Gasteiger partial charge on any atom is 0.104 e. The van der Waals surface area contributed by atoms with E-state index in [0.717, 1.165) is 6.42 Å². The van der Waals surface area contributed by atoms with Gasteiger partial charge in [0.25, 0.3) is 0 Å². The molecular formula is C11H12N2OS. The van der Waals surface area contributed by atoms with Crippen molar-refractivity contribution < 1.29 is 5.11 Å². The van der Waals surface area contributed by atoms with E-state index in [1.165, 1.54) is 17.1 Å². The lowest BCUT2D eigenvalue weighted by atomic mass is 10.1. The van der Waals surface area contributed by atoms with Gasteiger partial charge in [0.15, 0.2) is 0 Å². The van der Waals surface area contributed by atoms with E-state index >= 15 is 0 Å². The van der Waals surface area contributed by atoms with Gasteiger partial charge in [-0.2, -0.15) is 0 Å². The lowest BCUT2D eigenvalue weighted by Gasteiger charge is -2.06. The minimum atomic E-state index is -0.496. The van der Waals surface area contributed by atoms with Crippen LogP contribution in [0.4, 0.5) is 0 Å². The van der Waals surface area contributed by atoms with E-state index in [0.29, 0.717) is 12.1 Å². The van der Waals surface area contributed by atoms with Crippen LogP contribution in [0, 0.1) is 0 Å². The third-order valence-electron chi connectivity index (χ3n) is 2.27. The van der Waals surface area contributed by atoms with Crippen LogP contribution in [0.3, 0.4) is 0 Å². The predicted octanol–water partition coefficient (Wildman–Crippen LogP) is 2.20. The summed E-state index contributed by atoms with van der Waals surface area (Å²) in [6.07, 6.45) is 1.05. The minimum absolute atomic E-state index is 0.496. The molecule has 0 fully saturated rings. The van der Waals surface area contributed by atoms with Crippen LogP contribution in [0.1, 0.15) is 23.8 Å². The molecule has 2 aromatic rings. The highest BCUT2D eigenvalue weighted by molar-refractivity contribution is 7.03. The van der Waals surface area contributed by atoms with E-state index in [2.05, 4.69) is 21.7 Å². The molecule has 1 atom stereocenters. The number of aliphatic hydroxyl groups excluding tert-OH is 1. The van der Waals surface area contributed by atoms with Gasteiger partial charge in [0.2, 0.25) is 0 Å². The van der Waals surface area contributed by atoms with Crippen molar-refractivity contribution in [3.05, 3.63) is 47.0 Å². The van der Waals surface area contributed by atoms with E-state index in [4.69, 9.17) is 0 Å². The SMILES string of the molecule is OC(CCc1ccccc1)c1csnn1. The fourth-order valence-electron chi connectivity index (χ4n) is 1.41. The predicted molar refractivity (Wildman–Crippen MR) is 59.6 cm³/mol. The van der Waals surface area contributed by atoms with Gasteiger partial charge in [0.05, 0.1) is 6.10 Å². The zero-order chi connectivity index (χ0) is 10.5. The molecule has 0 aliphatic heterocycles. The minimum Gasteiger partial charge on any atom is -0.387 e. The summed E-state index contributed by atoms with van der Waals surface area (Å²) in [5, 5.41) is 15.4. The van der Waals surface area contributed by atoms with Gasteiger partial charge in [-0.15, -0.1) is 5.10 Å². The number of rotatable bonds is 4. The summed E-state index contributed by atoms with van der Waals surface area (Å²) in [5.74, 6) is 0. The number of aromatic nitrogens is 2. The Balaban J connectivity index is 1.89. The second kappa shape index (κ2) is 5.00. The Morgan fingerprint density at radius 1 is 1.27 bits per heavy atom. The summed E-state index contributed by atoms with van der Waals surface area (Å²) in [7, 11) is 0. The monoisotopic (exact) mass is 220 g/mol. The molecule has 0 amide bonds. The quantitative estimate of drug-likeness (QED) is 0.859. The molecule has 1 aromatic heterocycles. The van der Waals surface area contributed by atoms with Gasteiger partial charge in [-0.3, -0.25) is 0 Å². The van der Waals surface area contributed by atoms with Crippen LogP contribution < -0.4 is 0 Å². The molecule has 0 aliphatic rings. The number of hydrogen-bond acceptors (Lipinski definition) is 4. The van der Waals surface area contributed by atoms with Crippen LogP contribution >= 0.6 is 11.5 Å². The Bertz CT molecular complexity index is 388. The van der Waals surface area contributed by atoms with Gasteiger partial charge in [0, 0.05) is 5.38 Å². The summed E-state index contributed by atoms with van der Waals surface area (Å²) in [6, 6.07) is 10.1. The largest absolute Gasteiger partial charge is 0.387 e. The maximum atomic E-state index is 9.77. The molecule has 1 aromatic carbocycles. The van der Waals surface area contributed by atoms with Crippen molar-refractivity contribution in [2.45, 2.75) is 18.9 Å². The Labute approximate surface area is 92.6 Å². The van der Waals surface area contributed by atoms with Crippen LogP contribution in [0.2, 0.25) is 0 Å². The molecule has 78 valence electrons. The van der Waals surface area contributed by atoms with E-state index in [9.17, 15) is 5.11 Å². The van der Waals surface area contributed by atoms with E-state index in [1.54, 1.807) is 5.38 Å². The standard InChI is InChI=1S/C11H12N2OS/c14-11(10-8-15-13-12-10)7-6-9-4-2-1-3-5-9/h1-5,8,11,14H,6-7H2. The third kappa shape index (κ3) is 2.84. The maximum absolute atomic E-state index is 9.77. The molecule has 0 spiro atoms. The van der Waals surface area contributed by atoms with Crippen molar-refractivity contribution in [2.24, 2.45) is 0 Å². The van der Waals surface area contributed by atoms with Crippen molar-refractivity contribution in [3.63, 3.8) is 0 Å². The molecule has 15 heavy (non-hydrogen) atoms. The van der Waals surface area contributed by atoms with Gasteiger partial charge < -0.3 is 5.11 Å².